The Morgan fingerprint density at radius 3 is 2.49 bits per heavy atom. The molecule has 59 heavy (non-hydrogen) atoms. The van der Waals surface area contributed by atoms with Crippen LogP contribution in [0, 0.1) is 23.0 Å². The van der Waals surface area contributed by atoms with Crippen LogP contribution >= 0.6 is 47.8 Å². The number of halogens is 5. The number of amides is 3. The van der Waals surface area contributed by atoms with Crippen LogP contribution in [0.5, 0.6) is 11.6 Å². The summed E-state index contributed by atoms with van der Waals surface area (Å²) < 4.78 is 68.2. The molecule has 3 aliphatic rings. The summed E-state index contributed by atoms with van der Waals surface area (Å²) in [6.45, 7) is 9.14. The van der Waals surface area contributed by atoms with Crippen molar-refractivity contribution in [2.45, 2.75) is 75.4 Å². The average molecular weight is 916 g/mol. The Morgan fingerprint density at radius 2 is 1.85 bits per heavy atom. The zero-order valence-electron chi connectivity index (χ0n) is 32.3. The third-order valence-electron chi connectivity index (χ3n) is 10.5. The van der Waals surface area contributed by atoms with Gasteiger partial charge in [0.2, 0.25) is 27.7 Å². The molecule has 4 aromatic rings. The van der Waals surface area contributed by atoms with E-state index in [0.717, 1.165) is 29.5 Å². The summed E-state index contributed by atoms with van der Waals surface area (Å²) in [5.41, 5.74) is -2.26. The van der Waals surface area contributed by atoms with E-state index in [2.05, 4.69) is 31.9 Å². The van der Waals surface area contributed by atoms with Crippen LogP contribution in [0.25, 0.3) is 22.0 Å². The quantitative estimate of drug-likeness (QED) is 0.123. The number of pyridine rings is 1. The summed E-state index contributed by atoms with van der Waals surface area (Å²) in [4.78, 5) is 53.0. The number of nitrogens with one attached hydrogen (secondary N) is 3. The number of likely N-dealkylation sites (tertiary alicyclic amines) is 1. The number of hydrogen-bond acceptors (Lipinski definition) is 11. The van der Waals surface area contributed by atoms with Gasteiger partial charge in [-0.3, -0.25) is 19.1 Å². The lowest BCUT2D eigenvalue weighted by Gasteiger charge is -2.35. The van der Waals surface area contributed by atoms with E-state index in [1.165, 1.54) is 24.3 Å². The molecule has 1 saturated heterocycles. The van der Waals surface area contributed by atoms with Gasteiger partial charge in [-0.2, -0.15) is 0 Å². The maximum atomic E-state index is 14.8. The molecule has 13 nitrogen and oxygen atoms in total. The molecule has 2 aliphatic carbocycles. The average Bonchev–Trinajstić information content (AvgIpc) is 4.05. The van der Waals surface area contributed by atoms with E-state index in [0.29, 0.717) is 34.4 Å². The molecule has 3 amide bonds. The second kappa shape index (κ2) is 17.4. The van der Waals surface area contributed by atoms with Crippen LogP contribution in [0.4, 0.5) is 13.9 Å². The Balaban J connectivity index is 0.00000331. The maximum Gasteiger partial charge on any atom is 0.259 e. The Labute approximate surface area is 361 Å². The summed E-state index contributed by atoms with van der Waals surface area (Å²) in [7, 11) is -2.43. The van der Waals surface area contributed by atoms with Crippen molar-refractivity contribution in [2.24, 2.45) is 11.3 Å². The number of carbonyl (C=O) groups excluding carboxylic acids is 3. The van der Waals surface area contributed by atoms with Gasteiger partial charge in [0.05, 0.1) is 30.8 Å². The van der Waals surface area contributed by atoms with Crippen molar-refractivity contribution in [3.05, 3.63) is 77.3 Å². The fourth-order valence-corrected chi connectivity index (χ4v) is 9.34. The number of aromatic nitrogens is 2. The Kier molecular flexibility index (Phi) is 13.5. The number of fused-ring (bicyclic) bond motifs is 1. The van der Waals surface area contributed by atoms with E-state index >= 15 is 0 Å². The minimum atomic E-state index is -3.94. The first kappa shape index (κ1) is 45.8. The first-order valence-corrected chi connectivity index (χ1v) is 21.0. The van der Waals surface area contributed by atoms with Crippen LogP contribution < -0.4 is 24.8 Å². The van der Waals surface area contributed by atoms with Crippen molar-refractivity contribution in [3.8, 4) is 22.9 Å². The SMILES string of the molecule is C=C[C@@H]1C[C@]1(NC(=O)[C@@H]1C[C@@H](Oc2ncc(OC)c3ccc(Cl)cc23)CN1C(=O)[C@@H](Nc1nc(-c2cc(F)ccc2F)cs1)C(C)(C)C)C(=O)NS(=O)(=O)C1CC1.Cl.Cl. The molecular formula is C39H43Cl3F2N6O7S2. The predicted molar refractivity (Wildman–Crippen MR) is 226 cm³/mol. The van der Waals surface area contributed by atoms with E-state index in [-0.39, 0.29) is 66.5 Å². The number of nitrogens with zero attached hydrogens (tertiary/aromatic N) is 3. The van der Waals surface area contributed by atoms with Gasteiger partial charge in [-0.05, 0) is 61.1 Å². The normalized spacial score (nSPS) is 21.7. The molecule has 5 atom stereocenters. The van der Waals surface area contributed by atoms with Crippen LogP contribution in [0.15, 0.2) is 60.6 Å². The maximum absolute atomic E-state index is 14.8. The fraction of sp³-hybridized carbons (Fsp3) is 0.410. The van der Waals surface area contributed by atoms with E-state index in [1.54, 1.807) is 23.6 Å². The second-order valence-corrected chi connectivity index (χ2v) is 18.8. The zero-order chi connectivity index (χ0) is 41.0. The van der Waals surface area contributed by atoms with Crippen molar-refractivity contribution in [1.29, 1.82) is 0 Å². The van der Waals surface area contributed by atoms with Crippen molar-refractivity contribution in [2.75, 3.05) is 19.0 Å². The van der Waals surface area contributed by atoms with E-state index in [1.807, 2.05) is 20.8 Å². The lowest BCUT2D eigenvalue weighted by atomic mass is 9.85. The molecule has 2 saturated carbocycles. The molecule has 0 spiro atoms. The Bertz CT molecular complexity index is 2400. The number of rotatable bonds is 13. The molecule has 318 valence electrons. The Hall–Kier alpha value is -4.29. The fourth-order valence-electron chi connectivity index (χ4n) is 7.07. The van der Waals surface area contributed by atoms with Crippen LogP contribution in [0.2, 0.25) is 5.02 Å². The highest BCUT2D eigenvalue weighted by molar-refractivity contribution is 7.91. The molecule has 0 bridgehead atoms. The van der Waals surface area contributed by atoms with Gasteiger partial charge in [-0.25, -0.2) is 27.2 Å². The number of hydrogen-bond donors (Lipinski definition) is 3. The lowest BCUT2D eigenvalue weighted by molar-refractivity contribution is -0.141. The van der Waals surface area contributed by atoms with Gasteiger partial charge in [0, 0.05) is 39.1 Å². The minimum Gasteiger partial charge on any atom is -0.494 e. The largest absolute Gasteiger partial charge is 0.494 e. The molecule has 3 N–H and O–H groups in total. The van der Waals surface area contributed by atoms with E-state index in [4.69, 9.17) is 21.1 Å². The number of thiazole rings is 1. The molecule has 7 rings (SSSR count). The number of carbonyl (C=O) groups is 3. The number of sulfonamides is 1. The van der Waals surface area contributed by atoms with Crippen LogP contribution in [-0.4, -0.2) is 83.6 Å². The summed E-state index contributed by atoms with van der Waals surface area (Å²) in [6, 6.07) is 5.98. The van der Waals surface area contributed by atoms with Gasteiger partial charge < -0.3 is 25.0 Å². The summed E-state index contributed by atoms with van der Waals surface area (Å²) in [5, 5.41) is 8.70. The summed E-state index contributed by atoms with van der Waals surface area (Å²) in [6.07, 6.45) is 3.14. The van der Waals surface area contributed by atoms with Gasteiger partial charge in [-0.15, -0.1) is 42.7 Å². The highest BCUT2D eigenvalue weighted by atomic mass is 35.5. The lowest BCUT2D eigenvalue weighted by Crippen LogP contribution is -2.58. The van der Waals surface area contributed by atoms with Gasteiger partial charge in [0.1, 0.15) is 41.1 Å². The highest BCUT2D eigenvalue weighted by Crippen LogP contribution is 2.46. The van der Waals surface area contributed by atoms with Crippen LogP contribution in [0.3, 0.4) is 0 Å². The van der Waals surface area contributed by atoms with Crippen LogP contribution in [0.1, 0.15) is 46.5 Å². The predicted octanol–water partition coefficient (Wildman–Crippen LogP) is 6.69. The number of methoxy groups -OCH3 is 1. The smallest absolute Gasteiger partial charge is 0.259 e. The third kappa shape index (κ3) is 9.38. The van der Waals surface area contributed by atoms with E-state index in [9.17, 15) is 31.6 Å². The molecule has 1 aliphatic heterocycles. The Morgan fingerprint density at radius 1 is 1.12 bits per heavy atom. The third-order valence-corrected chi connectivity index (χ3v) is 13.3. The molecule has 2 aromatic heterocycles. The molecule has 3 heterocycles. The molecule has 20 heteroatoms. The first-order chi connectivity index (χ1) is 26.9. The molecule has 0 radical (unpaired) electrons. The van der Waals surface area contributed by atoms with Crippen molar-refractivity contribution in [1.82, 2.24) is 24.9 Å². The van der Waals surface area contributed by atoms with Gasteiger partial charge >= 0.3 is 0 Å². The summed E-state index contributed by atoms with van der Waals surface area (Å²) in [5.74, 6) is -3.27. The van der Waals surface area contributed by atoms with Crippen molar-refractivity contribution < 1.29 is 41.1 Å². The monoisotopic (exact) mass is 914 g/mol. The number of anilines is 1. The van der Waals surface area contributed by atoms with Crippen LogP contribution in [-0.2, 0) is 24.4 Å². The highest BCUT2D eigenvalue weighted by Gasteiger charge is 2.62. The van der Waals surface area contributed by atoms with Crippen molar-refractivity contribution in [3.63, 3.8) is 0 Å². The van der Waals surface area contributed by atoms with E-state index < -0.39 is 79.7 Å². The van der Waals surface area contributed by atoms with Gasteiger partial charge in [0.15, 0.2) is 5.13 Å². The summed E-state index contributed by atoms with van der Waals surface area (Å²) >= 11 is 7.44. The minimum absolute atomic E-state index is 0. The van der Waals surface area contributed by atoms with Gasteiger partial charge in [-0.1, -0.05) is 38.4 Å². The number of ether oxygens (including phenoxy) is 2. The number of benzene rings is 2. The molecular weight excluding hydrogens is 873 g/mol. The molecule has 0 unspecified atom stereocenters. The molecule has 3 fully saturated rings. The first-order valence-electron chi connectivity index (χ1n) is 18.2. The van der Waals surface area contributed by atoms with Crippen molar-refractivity contribution >= 4 is 91.4 Å². The molecule has 2 aromatic carbocycles. The second-order valence-electron chi connectivity index (χ2n) is 15.6. The standard InChI is InChI=1S/C39H41ClF2N6O7S2.2ClH/c1-6-20-16-39(20,36(51)47-57(52,53)24-9-10-24)46-33(49)30-15-23(55-34-26-13-21(40)7-11-25(26)31(54-5)17-43-34)18-48(30)35(50)32(38(2,3)4)45-37-44-29(19-56-37)27-14-22(41)8-12-28(27)42;;/h6-8,11-14,17,19-20,23-24,30,32H,1,9-10,15-16,18H2,2-5H3,(H,44,45)(H,46,49)(H,47,51);2*1H/t20-,23-,30+,32-,39-;;/m1../s1. The van der Waals surface area contributed by atoms with Gasteiger partial charge in [0.25, 0.3) is 5.91 Å². The zero-order valence-corrected chi connectivity index (χ0v) is 36.3. The topological polar surface area (TPSA) is 169 Å².